The molecule has 0 amide bonds. The molecule has 2 nitrogen and oxygen atoms in total. The van der Waals surface area contributed by atoms with Gasteiger partial charge in [-0.25, -0.2) is 0 Å². The van der Waals surface area contributed by atoms with Crippen LogP contribution in [0.25, 0.3) is 0 Å². The molecule has 0 saturated heterocycles. The van der Waals surface area contributed by atoms with Crippen LogP contribution in [-0.4, -0.2) is 24.9 Å². The molecular weight excluding hydrogens is 188 g/mol. The lowest BCUT2D eigenvalue weighted by atomic mass is 9.86. The van der Waals surface area contributed by atoms with Crippen LogP contribution in [0.5, 0.6) is 0 Å². The van der Waals surface area contributed by atoms with Gasteiger partial charge < -0.3 is 9.84 Å². The van der Waals surface area contributed by atoms with Gasteiger partial charge in [-0.1, -0.05) is 38.0 Å². The SMILES string of the molecule is OCCOCC#CCCC1CCCCC1. The molecular formula is C13H22O2. The van der Waals surface area contributed by atoms with Gasteiger partial charge in [-0.3, -0.25) is 0 Å². The zero-order chi connectivity index (χ0) is 10.8. The van der Waals surface area contributed by atoms with Crippen LogP contribution in [0, 0.1) is 17.8 Å². The molecule has 1 fully saturated rings. The molecule has 1 aliphatic rings. The van der Waals surface area contributed by atoms with E-state index in [1.54, 1.807) is 0 Å². The molecule has 1 N–H and O–H groups in total. The van der Waals surface area contributed by atoms with E-state index in [1.807, 2.05) is 0 Å². The molecule has 86 valence electrons. The zero-order valence-electron chi connectivity index (χ0n) is 9.50. The Morgan fingerprint density at radius 2 is 1.93 bits per heavy atom. The fraction of sp³-hybridized carbons (Fsp3) is 0.846. The average molecular weight is 210 g/mol. The van der Waals surface area contributed by atoms with Crippen LogP contribution in [0.2, 0.25) is 0 Å². The third-order valence-corrected chi connectivity index (χ3v) is 2.94. The quantitative estimate of drug-likeness (QED) is 0.557. The first-order valence-electron chi connectivity index (χ1n) is 6.08. The van der Waals surface area contributed by atoms with Gasteiger partial charge in [0.15, 0.2) is 0 Å². The summed E-state index contributed by atoms with van der Waals surface area (Å²) in [6, 6.07) is 0. The molecule has 1 saturated carbocycles. The van der Waals surface area contributed by atoms with Crippen LogP contribution in [0.1, 0.15) is 44.9 Å². The van der Waals surface area contributed by atoms with Gasteiger partial charge >= 0.3 is 0 Å². The predicted octanol–water partition coefficient (Wildman–Crippen LogP) is 2.36. The van der Waals surface area contributed by atoms with E-state index in [4.69, 9.17) is 9.84 Å². The van der Waals surface area contributed by atoms with Crippen molar-refractivity contribution in [2.45, 2.75) is 44.9 Å². The van der Waals surface area contributed by atoms with E-state index in [0.717, 1.165) is 12.3 Å². The number of aliphatic hydroxyl groups is 1. The van der Waals surface area contributed by atoms with Crippen LogP contribution in [0.4, 0.5) is 0 Å². The highest BCUT2D eigenvalue weighted by Gasteiger charge is 2.11. The number of aliphatic hydroxyl groups excluding tert-OH is 1. The van der Waals surface area contributed by atoms with Crippen LogP contribution < -0.4 is 0 Å². The highest BCUT2D eigenvalue weighted by atomic mass is 16.5. The minimum Gasteiger partial charge on any atom is -0.394 e. The molecule has 0 spiro atoms. The monoisotopic (exact) mass is 210 g/mol. The Bertz CT molecular complexity index is 196. The normalized spacial score (nSPS) is 17.1. The molecule has 0 aromatic carbocycles. The van der Waals surface area contributed by atoms with Crippen LogP contribution >= 0.6 is 0 Å². The van der Waals surface area contributed by atoms with E-state index in [-0.39, 0.29) is 6.61 Å². The lowest BCUT2D eigenvalue weighted by Gasteiger charge is -2.20. The molecule has 0 unspecified atom stereocenters. The summed E-state index contributed by atoms with van der Waals surface area (Å²) in [5, 5.41) is 8.47. The zero-order valence-corrected chi connectivity index (χ0v) is 9.50. The molecule has 0 aromatic rings. The van der Waals surface area contributed by atoms with Gasteiger partial charge in [-0.2, -0.15) is 0 Å². The van der Waals surface area contributed by atoms with Crippen molar-refractivity contribution in [2.75, 3.05) is 19.8 Å². The highest BCUT2D eigenvalue weighted by Crippen LogP contribution is 2.26. The van der Waals surface area contributed by atoms with Gasteiger partial charge in [0, 0.05) is 6.42 Å². The minimum absolute atomic E-state index is 0.0871. The maximum Gasteiger partial charge on any atom is 0.107 e. The summed E-state index contributed by atoms with van der Waals surface area (Å²) in [6.45, 7) is 0.951. The minimum atomic E-state index is 0.0871. The molecule has 0 heterocycles. The Labute approximate surface area is 93.0 Å². The van der Waals surface area contributed by atoms with E-state index in [0.29, 0.717) is 13.2 Å². The average Bonchev–Trinajstić information content (AvgIpc) is 2.29. The highest BCUT2D eigenvalue weighted by molar-refractivity contribution is 4.99. The fourth-order valence-electron chi connectivity index (χ4n) is 2.08. The maximum absolute atomic E-state index is 8.47. The van der Waals surface area contributed by atoms with Gasteiger partial charge in [-0.15, -0.1) is 5.92 Å². The van der Waals surface area contributed by atoms with E-state index in [2.05, 4.69) is 11.8 Å². The van der Waals surface area contributed by atoms with Gasteiger partial charge in [0.2, 0.25) is 0 Å². The largest absolute Gasteiger partial charge is 0.394 e. The van der Waals surface area contributed by atoms with Crippen molar-refractivity contribution in [3.8, 4) is 11.8 Å². The summed E-state index contributed by atoms with van der Waals surface area (Å²) in [5.41, 5.74) is 0. The molecule has 2 heteroatoms. The first-order chi connectivity index (χ1) is 7.43. The Morgan fingerprint density at radius 3 is 2.67 bits per heavy atom. The fourth-order valence-corrected chi connectivity index (χ4v) is 2.08. The summed E-state index contributed by atoms with van der Waals surface area (Å²) in [4.78, 5) is 0. The molecule has 0 aliphatic heterocycles. The van der Waals surface area contributed by atoms with Crippen molar-refractivity contribution < 1.29 is 9.84 Å². The van der Waals surface area contributed by atoms with Crippen molar-refractivity contribution >= 4 is 0 Å². The smallest absolute Gasteiger partial charge is 0.107 e. The summed E-state index contributed by atoms with van der Waals surface area (Å²) in [7, 11) is 0. The summed E-state index contributed by atoms with van der Waals surface area (Å²) in [6.07, 6.45) is 9.33. The lowest BCUT2D eigenvalue weighted by molar-refractivity contribution is 0.115. The summed E-state index contributed by atoms with van der Waals surface area (Å²) < 4.78 is 5.05. The second-order valence-corrected chi connectivity index (χ2v) is 4.17. The van der Waals surface area contributed by atoms with E-state index >= 15 is 0 Å². The number of hydrogen-bond acceptors (Lipinski definition) is 2. The number of ether oxygens (including phenoxy) is 1. The Hall–Kier alpha value is -0.520. The lowest BCUT2D eigenvalue weighted by Crippen LogP contribution is -2.05. The maximum atomic E-state index is 8.47. The van der Waals surface area contributed by atoms with E-state index in [9.17, 15) is 0 Å². The second kappa shape index (κ2) is 8.76. The Balaban J connectivity index is 1.94. The van der Waals surface area contributed by atoms with Crippen molar-refractivity contribution in [1.82, 2.24) is 0 Å². The van der Waals surface area contributed by atoms with Gasteiger partial charge in [0.05, 0.1) is 13.2 Å². The van der Waals surface area contributed by atoms with Crippen LogP contribution in [0.3, 0.4) is 0 Å². The van der Waals surface area contributed by atoms with E-state index < -0.39 is 0 Å². The summed E-state index contributed by atoms with van der Waals surface area (Å²) in [5.74, 6) is 7.03. The number of rotatable bonds is 5. The second-order valence-electron chi connectivity index (χ2n) is 4.17. The molecule has 0 bridgehead atoms. The van der Waals surface area contributed by atoms with Gasteiger partial charge in [-0.05, 0) is 12.3 Å². The summed E-state index contributed by atoms with van der Waals surface area (Å²) >= 11 is 0. The predicted molar refractivity (Wildman–Crippen MR) is 61.5 cm³/mol. The Morgan fingerprint density at radius 1 is 1.13 bits per heavy atom. The first-order valence-corrected chi connectivity index (χ1v) is 6.08. The number of hydrogen-bond donors (Lipinski definition) is 1. The van der Waals surface area contributed by atoms with Crippen LogP contribution in [-0.2, 0) is 4.74 Å². The molecule has 0 atom stereocenters. The first kappa shape index (κ1) is 12.5. The molecule has 1 aliphatic carbocycles. The van der Waals surface area contributed by atoms with Gasteiger partial charge in [0.25, 0.3) is 0 Å². The van der Waals surface area contributed by atoms with Crippen molar-refractivity contribution in [1.29, 1.82) is 0 Å². The Kier molecular flexibility index (Phi) is 7.33. The molecule has 0 aromatic heterocycles. The molecule has 0 radical (unpaired) electrons. The van der Waals surface area contributed by atoms with Crippen molar-refractivity contribution in [3.63, 3.8) is 0 Å². The van der Waals surface area contributed by atoms with Crippen molar-refractivity contribution in [2.24, 2.45) is 5.92 Å². The van der Waals surface area contributed by atoms with Gasteiger partial charge in [0.1, 0.15) is 6.61 Å². The topological polar surface area (TPSA) is 29.5 Å². The van der Waals surface area contributed by atoms with E-state index in [1.165, 1.54) is 38.5 Å². The third kappa shape index (κ3) is 6.54. The standard InChI is InChI=1S/C13H22O2/c14-10-12-15-11-6-2-5-9-13-7-3-1-4-8-13/h13-14H,1,3-5,7-12H2. The van der Waals surface area contributed by atoms with Crippen LogP contribution in [0.15, 0.2) is 0 Å². The molecule has 1 rings (SSSR count). The molecule has 15 heavy (non-hydrogen) atoms. The third-order valence-electron chi connectivity index (χ3n) is 2.94. The van der Waals surface area contributed by atoms with Crippen molar-refractivity contribution in [3.05, 3.63) is 0 Å².